The van der Waals surface area contributed by atoms with E-state index in [4.69, 9.17) is 11.5 Å². The molecule has 0 heterocycles. The Bertz CT molecular complexity index is 140. The second kappa shape index (κ2) is 4.28. The Morgan fingerprint density at radius 2 is 2.18 bits per heavy atom. The quantitative estimate of drug-likeness (QED) is 0.611. The van der Waals surface area contributed by atoms with Gasteiger partial charge in [-0.2, -0.15) is 0 Å². The normalized spacial score (nSPS) is 15.9. The number of hydrogen-bond acceptors (Lipinski definition) is 2. The van der Waals surface area contributed by atoms with Gasteiger partial charge in [-0.3, -0.25) is 4.79 Å². The summed E-state index contributed by atoms with van der Waals surface area (Å²) < 4.78 is 12.3. The summed E-state index contributed by atoms with van der Waals surface area (Å²) in [7, 11) is 0. The first kappa shape index (κ1) is 10.4. The third kappa shape index (κ3) is 3.93. The Labute approximate surface area is 65.9 Å². The molecule has 11 heavy (non-hydrogen) atoms. The van der Waals surface area contributed by atoms with E-state index >= 15 is 0 Å². The fourth-order valence-corrected chi connectivity index (χ4v) is 1.05. The zero-order valence-electron chi connectivity index (χ0n) is 6.77. The first-order chi connectivity index (χ1) is 5.04. The fourth-order valence-electron chi connectivity index (χ4n) is 1.05. The second-order valence-corrected chi connectivity index (χ2v) is 2.89. The monoisotopic (exact) mass is 162 g/mol. The van der Waals surface area contributed by atoms with Crippen LogP contribution in [0.2, 0.25) is 0 Å². The number of carbonyl (C=O) groups is 1. The van der Waals surface area contributed by atoms with Crippen molar-refractivity contribution in [1.29, 1.82) is 0 Å². The smallest absolute Gasteiger partial charge is 0.219 e. The average molecular weight is 162 g/mol. The molecule has 0 aromatic carbocycles. The van der Waals surface area contributed by atoms with E-state index in [1.165, 1.54) is 0 Å². The number of halogens is 1. The lowest BCUT2D eigenvalue weighted by molar-refractivity contribution is -0.119. The van der Waals surface area contributed by atoms with Crippen molar-refractivity contribution in [3.8, 4) is 0 Å². The van der Waals surface area contributed by atoms with Crippen LogP contribution in [0.1, 0.15) is 26.2 Å². The molecule has 0 fully saturated rings. The van der Waals surface area contributed by atoms with E-state index in [2.05, 4.69) is 0 Å². The third-order valence-electron chi connectivity index (χ3n) is 1.54. The molecule has 0 spiro atoms. The van der Waals surface area contributed by atoms with E-state index in [9.17, 15) is 9.18 Å². The van der Waals surface area contributed by atoms with Crippen LogP contribution in [0.4, 0.5) is 4.39 Å². The molecule has 0 saturated carbocycles. The Balaban J connectivity index is 3.98. The van der Waals surface area contributed by atoms with Gasteiger partial charge in [0.25, 0.3) is 0 Å². The Morgan fingerprint density at radius 1 is 1.64 bits per heavy atom. The molecule has 0 saturated heterocycles. The minimum absolute atomic E-state index is 0.0721. The van der Waals surface area contributed by atoms with Crippen LogP contribution in [0.25, 0.3) is 0 Å². The zero-order valence-corrected chi connectivity index (χ0v) is 6.77. The van der Waals surface area contributed by atoms with Crippen molar-refractivity contribution in [3.63, 3.8) is 0 Å². The van der Waals surface area contributed by atoms with Gasteiger partial charge in [0, 0.05) is 6.42 Å². The molecule has 0 aliphatic rings. The van der Waals surface area contributed by atoms with Crippen LogP contribution in [0.5, 0.6) is 0 Å². The predicted molar refractivity (Wildman–Crippen MR) is 41.6 cm³/mol. The lowest BCUT2D eigenvalue weighted by atomic mass is 9.92. The molecule has 4 N–H and O–H groups in total. The minimum atomic E-state index is -1.03. The van der Waals surface area contributed by atoms with Crippen LogP contribution in [0.3, 0.4) is 0 Å². The predicted octanol–water partition coefficient (Wildman–Crippen LogP) is 0.329. The van der Waals surface area contributed by atoms with Crippen LogP contribution in [-0.2, 0) is 4.79 Å². The second-order valence-electron chi connectivity index (χ2n) is 2.89. The molecular weight excluding hydrogens is 147 g/mol. The molecule has 4 heteroatoms. The summed E-state index contributed by atoms with van der Waals surface area (Å²) in [6.07, 6.45) is 1.18. The van der Waals surface area contributed by atoms with E-state index in [-0.39, 0.29) is 6.42 Å². The maximum atomic E-state index is 12.3. The first-order valence-corrected chi connectivity index (χ1v) is 3.67. The van der Waals surface area contributed by atoms with Gasteiger partial charge in [-0.25, -0.2) is 4.39 Å². The molecule has 1 amide bonds. The van der Waals surface area contributed by atoms with Crippen LogP contribution < -0.4 is 11.5 Å². The van der Waals surface area contributed by atoms with Crippen LogP contribution in [-0.4, -0.2) is 18.1 Å². The Kier molecular flexibility index (Phi) is 4.03. The van der Waals surface area contributed by atoms with Crippen LogP contribution >= 0.6 is 0 Å². The highest BCUT2D eigenvalue weighted by atomic mass is 19.1. The van der Waals surface area contributed by atoms with Gasteiger partial charge < -0.3 is 11.5 Å². The van der Waals surface area contributed by atoms with Gasteiger partial charge in [-0.05, 0) is 6.42 Å². The van der Waals surface area contributed by atoms with Crippen molar-refractivity contribution in [2.45, 2.75) is 31.7 Å². The largest absolute Gasteiger partial charge is 0.370 e. The summed E-state index contributed by atoms with van der Waals surface area (Å²) in [4.78, 5) is 10.4. The van der Waals surface area contributed by atoms with Crippen LogP contribution in [0, 0.1) is 0 Å². The van der Waals surface area contributed by atoms with Crippen molar-refractivity contribution in [1.82, 2.24) is 0 Å². The molecule has 0 radical (unpaired) electrons. The van der Waals surface area contributed by atoms with E-state index in [0.717, 1.165) is 6.42 Å². The topological polar surface area (TPSA) is 69.1 Å². The van der Waals surface area contributed by atoms with Crippen molar-refractivity contribution < 1.29 is 9.18 Å². The fraction of sp³-hybridized carbons (Fsp3) is 0.857. The lowest BCUT2D eigenvalue weighted by Crippen LogP contribution is -2.45. The molecule has 0 aliphatic carbocycles. The molecule has 1 atom stereocenters. The summed E-state index contributed by atoms with van der Waals surface area (Å²) in [5.41, 5.74) is 9.40. The Morgan fingerprint density at radius 3 is 2.45 bits per heavy atom. The van der Waals surface area contributed by atoms with Crippen molar-refractivity contribution in [3.05, 3.63) is 0 Å². The van der Waals surface area contributed by atoms with Crippen molar-refractivity contribution in [2.24, 2.45) is 11.5 Å². The molecule has 66 valence electrons. The molecule has 0 aliphatic heterocycles. The van der Waals surface area contributed by atoms with Gasteiger partial charge in [0.2, 0.25) is 5.91 Å². The highest BCUT2D eigenvalue weighted by Crippen LogP contribution is 2.14. The summed E-state index contributed by atoms with van der Waals surface area (Å²) >= 11 is 0. The van der Waals surface area contributed by atoms with Gasteiger partial charge in [0.05, 0.1) is 5.54 Å². The molecule has 1 unspecified atom stereocenters. The average Bonchev–Trinajstić information content (AvgIpc) is 1.87. The van der Waals surface area contributed by atoms with E-state index in [0.29, 0.717) is 6.42 Å². The van der Waals surface area contributed by atoms with Gasteiger partial charge >= 0.3 is 0 Å². The summed E-state index contributed by atoms with van der Waals surface area (Å²) in [6.45, 7) is 1.20. The minimum Gasteiger partial charge on any atom is -0.370 e. The zero-order chi connectivity index (χ0) is 8.91. The molecule has 0 rings (SSSR count). The number of amides is 1. The Hall–Kier alpha value is -0.640. The van der Waals surface area contributed by atoms with Gasteiger partial charge in [0.1, 0.15) is 6.67 Å². The summed E-state index contributed by atoms with van der Waals surface area (Å²) in [6, 6.07) is 0. The van der Waals surface area contributed by atoms with Crippen molar-refractivity contribution in [2.75, 3.05) is 6.67 Å². The number of rotatable bonds is 5. The molecule has 0 bridgehead atoms. The molecular formula is C7H15FN2O. The molecule has 0 aromatic rings. The van der Waals surface area contributed by atoms with Gasteiger partial charge in [0.15, 0.2) is 0 Å². The highest BCUT2D eigenvalue weighted by molar-refractivity contribution is 5.75. The summed E-state index contributed by atoms with van der Waals surface area (Å²) in [5, 5.41) is 0. The number of hydrogen-bond donors (Lipinski definition) is 2. The maximum Gasteiger partial charge on any atom is 0.219 e. The first-order valence-electron chi connectivity index (χ1n) is 3.67. The SMILES string of the molecule is CCCC(N)(CF)CC(N)=O. The standard InChI is InChI=1S/C7H15FN2O/c1-2-3-7(10,5-8)4-6(9)11/h2-5,10H2,1H3,(H2,9,11). The number of primary amides is 1. The molecule has 3 nitrogen and oxygen atoms in total. The van der Waals surface area contributed by atoms with Crippen molar-refractivity contribution >= 4 is 5.91 Å². The van der Waals surface area contributed by atoms with E-state index in [1.807, 2.05) is 6.92 Å². The van der Waals surface area contributed by atoms with E-state index in [1.54, 1.807) is 0 Å². The van der Waals surface area contributed by atoms with Gasteiger partial charge in [-0.1, -0.05) is 13.3 Å². The summed E-state index contributed by atoms with van der Waals surface area (Å²) in [5.74, 6) is -0.543. The number of nitrogens with two attached hydrogens (primary N) is 2. The van der Waals surface area contributed by atoms with E-state index < -0.39 is 18.1 Å². The van der Waals surface area contributed by atoms with Crippen LogP contribution in [0.15, 0.2) is 0 Å². The number of alkyl halides is 1. The maximum absolute atomic E-state index is 12.3. The number of carbonyl (C=O) groups excluding carboxylic acids is 1. The lowest BCUT2D eigenvalue weighted by Gasteiger charge is -2.23. The van der Waals surface area contributed by atoms with Gasteiger partial charge in [-0.15, -0.1) is 0 Å². The third-order valence-corrected chi connectivity index (χ3v) is 1.54. The highest BCUT2D eigenvalue weighted by Gasteiger charge is 2.25. The molecule has 0 aromatic heterocycles.